The first-order chi connectivity index (χ1) is 23.6. The highest BCUT2D eigenvalue weighted by Crippen LogP contribution is 2.30. The van der Waals surface area contributed by atoms with Gasteiger partial charge in [-0.2, -0.15) is 30.6 Å². The van der Waals surface area contributed by atoms with E-state index in [-0.39, 0.29) is 23.2 Å². The topological polar surface area (TPSA) is 208 Å². The smallest absolute Gasteiger partial charge is 0.475 e. The van der Waals surface area contributed by atoms with Gasteiger partial charge in [0.15, 0.2) is 0 Å². The number of likely N-dealkylation sites (tertiary alicyclic amines) is 1. The number of benzene rings is 3. The number of aliphatic carboxylic acids is 2. The summed E-state index contributed by atoms with van der Waals surface area (Å²) in [7, 11) is -4.02. The summed E-state index contributed by atoms with van der Waals surface area (Å²) in [5, 5.41) is 25.3. The second-order valence-corrected chi connectivity index (χ2v) is 13.5. The molecule has 1 aromatic heterocycles. The number of nitrogens with zero attached hydrogens (tertiary/aromatic N) is 2. The zero-order valence-corrected chi connectivity index (χ0v) is 27.6. The monoisotopic (exact) mass is 761 g/mol. The molecule has 1 fully saturated rings. The lowest BCUT2D eigenvalue weighted by Crippen LogP contribution is -2.44. The van der Waals surface area contributed by atoms with Gasteiger partial charge in [0, 0.05) is 25.3 Å². The summed E-state index contributed by atoms with van der Waals surface area (Å²) in [5.74, 6) is -5.76. The molecule has 274 valence electrons. The lowest BCUT2D eigenvalue weighted by Gasteiger charge is -2.27. The summed E-state index contributed by atoms with van der Waals surface area (Å²) in [4.78, 5) is 33.8. The van der Waals surface area contributed by atoms with Gasteiger partial charge < -0.3 is 26.6 Å². The normalized spacial score (nSPS) is 14.8. The third-order valence-electron chi connectivity index (χ3n) is 7.02. The Morgan fingerprint density at radius 2 is 1.47 bits per heavy atom. The van der Waals surface area contributed by atoms with Crippen LogP contribution in [0.1, 0.15) is 22.4 Å². The minimum Gasteiger partial charge on any atom is -0.475 e. The molecule has 1 amide bonds. The van der Waals surface area contributed by atoms with Crippen molar-refractivity contribution >= 4 is 61.5 Å². The average Bonchev–Trinajstić information content (AvgIpc) is 3.66. The molecule has 12 nitrogen and oxygen atoms in total. The predicted molar refractivity (Wildman–Crippen MR) is 174 cm³/mol. The highest BCUT2D eigenvalue weighted by Gasteiger charge is 2.42. The quantitative estimate of drug-likeness (QED) is 0.0706. The van der Waals surface area contributed by atoms with E-state index >= 15 is 0 Å². The molecule has 1 atom stereocenters. The van der Waals surface area contributed by atoms with Gasteiger partial charge >= 0.3 is 24.3 Å². The molecule has 0 unspecified atom stereocenters. The molecule has 1 aliphatic rings. The minimum atomic E-state index is -5.08. The fraction of sp³-hybridized carbons (Fsp3) is 0.226. The van der Waals surface area contributed by atoms with Gasteiger partial charge in [0.05, 0.1) is 9.77 Å². The second kappa shape index (κ2) is 16.2. The molecule has 7 N–H and O–H groups in total. The molecule has 20 heteroatoms. The first-order valence-electron chi connectivity index (χ1n) is 14.3. The number of fused-ring (bicyclic) bond motifs is 1. The van der Waals surface area contributed by atoms with E-state index in [1.165, 1.54) is 15.6 Å². The number of hydrogen-bond acceptors (Lipinski definition) is 8. The molecule has 0 aliphatic carbocycles. The number of halogens is 6. The standard InChI is InChI=1S/C27H27N5O3S2.2C2HF3O2/c28-22-8-6-20-7-9-23(14-21(20)13-22)37(34,35)32(16-18-4-2-1-3-5-18)24-10-11-31(27(24)33)15-19-12-25(26(29)30)36-17-19;2*3-2(4,5)1(6)7/h1-9,12-14,17,24H,10-11,15-16,28H2,(H3,29,30);2*(H,6,7)/t24-;;/m0../s1. The van der Waals surface area contributed by atoms with Crippen LogP contribution in [0.3, 0.4) is 0 Å². The lowest BCUT2D eigenvalue weighted by molar-refractivity contribution is -0.193. The summed E-state index contributed by atoms with van der Waals surface area (Å²) in [6.45, 7) is 0.854. The molecule has 2 heterocycles. The molecular formula is C31H29F6N5O7S2. The number of nitrogen functional groups attached to an aromatic ring is 2. The van der Waals surface area contributed by atoms with Gasteiger partial charge in [-0.3, -0.25) is 10.2 Å². The van der Waals surface area contributed by atoms with Crippen molar-refractivity contribution in [3.63, 3.8) is 0 Å². The van der Waals surface area contributed by atoms with Crippen LogP contribution in [0.2, 0.25) is 0 Å². The number of hydrogen-bond donors (Lipinski definition) is 5. The number of nitrogens with one attached hydrogen (secondary N) is 1. The SMILES string of the molecule is N=C(N)c1cc(CN2CC[C@H](N(Cc3ccccc3)S(=O)(=O)c3ccc4ccc(N)cc4c3)C2=O)cs1.O=C(O)C(F)(F)F.O=C(O)C(F)(F)F. The van der Waals surface area contributed by atoms with Crippen molar-refractivity contribution in [2.45, 2.75) is 42.8 Å². The van der Waals surface area contributed by atoms with Gasteiger partial charge in [-0.25, -0.2) is 18.0 Å². The van der Waals surface area contributed by atoms with Crippen LogP contribution in [-0.4, -0.2) is 76.5 Å². The van der Waals surface area contributed by atoms with E-state index < -0.39 is 40.4 Å². The van der Waals surface area contributed by atoms with E-state index in [9.17, 15) is 39.6 Å². The third kappa shape index (κ3) is 10.9. The maximum absolute atomic E-state index is 14.0. The zero-order chi connectivity index (χ0) is 38.3. The number of nitrogens with two attached hydrogens (primary N) is 2. The molecule has 4 aromatic rings. The van der Waals surface area contributed by atoms with Crippen LogP contribution >= 0.6 is 11.3 Å². The van der Waals surface area contributed by atoms with Gasteiger partial charge in [-0.15, -0.1) is 11.3 Å². The van der Waals surface area contributed by atoms with Gasteiger partial charge in [0.2, 0.25) is 15.9 Å². The first-order valence-corrected chi connectivity index (χ1v) is 16.6. The van der Waals surface area contributed by atoms with Crippen molar-refractivity contribution < 1.29 is 59.4 Å². The number of carbonyl (C=O) groups is 3. The van der Waals surface area contributed by atoms with E-state index in [2.05, 4.69) is 0 Å². The zero-order valence-electron chi connectivity index (χ0n) is 26.0. The van der Waals surface area contributed by atoms with Gasteiger partial charge in [0.25, 0.3) is 0 Å². The molecule has 0 spiro atoms. The van der Waals surface area contributed by atoms with Crippen LogP contribution in [-0.2, 0) is 37.5 Å². The number of sulfonamides is 1. The number of thiophene rings is 1. The Kier molecular flexibility index (Phi) is 12.8. The number of amides is 1. The number of carboxylic acids is 2. The van der Waals surface area contributed by atoms with Crippen LogP contribution in [0.5, 0.6) is 0 Å². The number of alkyl halides is 6. The Morgan fingerprint density at radius 3 is 2.00 bits per heavy atom. The predicted octanol–water partition coefficient (Wildman–Crippen LogP) is 5.03. The maximum atomic E-state index is 14.0. The Bertz CT molecular complexity index is 1980. The summed E-state index contributed by atoms with van der Waals surface area (Å²) >= 11 is 1.35. The van der Waals surface area contributed by atoms with Crippen LogP contribution in [0.15, 0.2) is 83.1 Å². The van der Waals surface area contributed by atoms with Gasteiger partial charge in [-0.1, -0.05) is 42.5 Å². The minimum absolute atomic E-state index is 0.0147. The fourth-order valence-corrected chi connectivity index (χ4v) is 7.04. The Hall–Kier alpha value is -5.21. The van der Waals surface area contributed by atoms with Crippen LogP contribution < -0.4 is 11.5 Å². The van der Waals surface area contributed by atoms with Crippen molar-refractivity contribution in [1.82, 2.24) is 9.21 Å². The van der Waals surface area contributed by atoms with E-state index in [0.717, 1.165) is 21.9 Å². The highest BCUT2D eigenvalue weighted by atomic mass is 32.2. The molecule has 51 heavy (non-hydrogen) atoms. The molecule has 5 rings (SSSR count). The molecule has 3 aromatic carbocycles. The summed E-state index contributed by atoms with van der Waals surface area (Å²) in [6.07, 6.45) is -9.78. The van der Waals surface area contributed by atoms with E-state index in [1.807, 2.05) is 41.8 Å². The van der Waals surface area contributed by atoms with E-state index in [4.69, 9.17) is 36.7 Å². The Labute approximate surface area is 290 Å². The van der Waals surface area contributed by atoms with Crippen molar-refractivity contribution in [2.75, 3.05) is 12.3 Å². The third-order valence-corrected chi connectivity index (χ3v) is 9.88. The largest absolute Gasteiger partial charge is 0.490 e. The van der Waals surface area contributed by atoms with E-state index in [1.54, 1.807) is 41.3 Å². The van der Waals surface area contributed by atoms with Crippen molar-refractivity contribution in [1.29, 1.82) is 5.41 Å². The number of carbonyl (C=O) groups excluding carboxylic acids is 1. The first kappa shape index (κ1) is 40.2. The molecule has 1 aliphatic heterocycles. The number of anilines is 1. The Morgan fingerprint density at radius 1 is 0.902 bits per heavy atom. The molecule has 1 saturated heterocycles. The number of carboxylic acid groups (broad SMARTS) is 2. The molecule has 0 radical (unpaired) electrons. The van der Waals surface area contributed by atoms with Crippen LogP contribution in [0, 0.1) is 5.41 Å². The molecule has 0 saturated carbocycles. The van der Waals surface area contributed by atoms with Gasteiger partial charge in [0.1, 0.15) is 11.9 Å². The molecular weight excluding hydrogens is 732 g/mol. The Balaban J connectivity index is 0.000000424. The maximum Gasteiger partial charge on any atom is 0.490 e. The fourth-order valence-electron chi connectivity index (χ4n) is 4.63. The van der Waals surface area contributed by atoms with Crippen molar-refractivity contribution in [3.8, 4) is 0 Å². The van der Waals surface area contributed by atoms with Gasteiger partial charge in [-0.05, 0) is 64.0 Å². The number of amidine groups is 1. The van der Waals surface area contributed by atoms with Crippen LogP contribution in [0.4, 0.5) is 32.0 Å². The van der Waals surface area contributed by atoms with Crippen molar-refractivity contribution in [3.05, 3.63) is 94.2 Å². The highest BCUT2D eigenvalue weighted by molar-refractivity contribution is 7.89. The lowest BCUT2D eigenvalue weighted by atomic mass is 10.1. The average molecular weight is 762 g/mol. The summed E-state index contributed by atoms with van der Waals surface area (Å²) in [6, 6.07) is 20.6. The second-order valence-electron chi connectivity index (χ2n) is 10.7. The molecule has 0 bridgehead atoms. The van der Waals surface area contributed by atoms with E-state index in [0.29, 0.717) is 30.1 Å². The summed E-state index contributed by atoms with van der Waals surface area (Å²) in [5.41, 5.74) is 13.7. The number of rotatable bonds is 8. The summed E-state index contributed by atoms with van der Waals surface area (Å²) < 4.78 is 92.9. The van der Waals surface area contributed by atoms with Crippen LogP contribution in [0.25, 0.3) is 10.8 Å². The van der Waals surface area contributed by atoms with Crippen molar-refractivity contribution in [2.24, 2.45) is 5.73 Å².